The van der Waals surface area contributed by atoms with Gasteiger partial charge in [0.1, 0.15) is 16.8 Å². The molecule has 3 heterocycles. The zero-order valence-corrected chi connectivity index (χ0v) is 30.3. The smallest absolute Gasteiger partial charge is 0.246 e. The minimum Gasteiger partial charge on any atom is -0.436 e. The van der Waals surface area contributed by atoms with Crippen molar-refractivity contribution in [2.24, 2.45) is 0 Å². The Labute approximate surface area is 323 Å². The highest BCUT2D eigenvalue weighted by Crippen LogP contribution is 2.40. The molecule has 0 aliphatic carbocycles. The van der Waals surface area contributed by atoms with Gasteiger partial charge in [0.2, 0.25) is 5.71 Å². The molecule has 11 rings (SSSR count). The zero-order chi connectivity index (χ0) is 37.0. The topological polar surface area (TPSA) is 43.9 Å². The van der Waals surface area contributed by atoms with Crippen LogP contribution in [0.15, 0.2) is 205 Å². The van der Waals surface area contributed by atoms with Crippen molar-refractivity contribution in [2.45, 2.75) is 0 Å². The van der Waals surface area contributed by atoms with E-state index in [1.807, 2.05) is 12.1 Å². The summed E-state index contributed by atoms with van der Waals surface area (Å²) >= 11 is 0. The van der Waals surface area contributed by atoms with Gasteiger partial charge < -0.3 is 8.98 Å². The van der Waals surface area contributed by atoms with E-state index in [2.05, 4.69) is 193 Å². The molecule has 11 aromatic rings. The van der Waals surface area contributed by atoms with Gasteiger partial charge in [0, 0.05) is 33.0 Å². The van der Waals surface area contributed by atoms with Crippen molar-refractivity contribution in [2.75, 3.05) is 0 Å². The summed E-state index contributed by atoms with van der Waals surface area (Å²) in [5.41, 5.74) is 15.8. The molecule has 0 N–H and O–H groups in total. The first kappa shape index (κ1) is 31.9. The first-order valence-corrected chi connectivity index (χ1v) is 18.9. The molecular weight excluding hydrogens is 683 g/mol. The maximum atomic E-state index is 6.51. The molecule has 8 aromatic carbocycles. The molecular formula is C52H33N3O. The third kappa shape index (κ3) is 5.39. The Balaban J connectivity index is 1.09. The molecule has 0 aliphatic heterocycles. The van der Waals surface area contributed by atoms with Crippen molar-refractivity contribution in [3.63, 3.8) is 0 Å². The minimum atomic E-state index is 0.515. The second kappa shape index (κ2) is 13.1. The zero-order valence-electron chi connectivity index (χ0n) is 30.3. The van der Waals surface area contributed by atoms with Crippen molar-refractivity contribution in [3.8, 4) is 61.6 Å². The summed E-state index contributed by atoms with van der Waals surface area (Å²) in [7, 11) is 0. The summed E-state index contributed by atoms with van der Waals surface area (Å²) in [5, 5.41) is 3.36. The fourth-order valence-electron chi connectivity index (χ4n) is 8.12. The maximum absolute atomic E-state index is 6.51. The third-order valence-corrected chi connectivity index (χ3v) is 10.8. The molecule has 0 saturated carbocycles. The molecule has 56 heavy (non-hydrogen) atoms. The lowest BCUT2D eigenvalue weighted by atomic mass is 9.97. The third-order valence-electron chi connectivity index (χ3n) is 10.8. The summed E-state index contributed by atoms with van der Waals surface area (Å²) in [6.07, 6.45) is 0. The number of para-hydroxylation sites is 2. The van der Waals surface area contributed by atoms with E-state index >= 15 is 0 Å². The second-order valence-corrected chi connectivity index (χ2v) is 14.2. The fraction of sp³-hybridized carbons (Fsp3) is 0. The average molecular weight is 716 g/mol. The molecule has 0 atom stereocenters. The molecule has 0 aliphatic rings. The second-order valence-electron chi connectivity index (χ2n) is 14.2. The van der Waals surface area contributed by atoms with Gasteiger partial charge in [-0.25, -0.2) is 9.97 Å². The maximum Gasteiger partial charge on any atom is 0.246 e. The van der Waals surface area contributed by atoms with E-state index in [1.54, 1.807) is 0 Å². The van der Waals surface area contributed by atoms with E-state index in [4.69, 9.17) is 14.4 Å². The first-order chi connectivity index (χ1) is 27.7. The highest BCUT2D eigenvalue weighted by atomic mass is 16.3. The number of nitrogens with zero attached hydrogens (tertiary/aromatic N) is 3. The number of fused-ring (bicyclic) bond motifs is 6. The highest BCUT2D eigenvalue weighted by Gasteiger charge is 2.20. The monoisotopic (exact) mass is 715 g/mol. The van der Waals surface area contributed by atoms with Gasteiger partial charge in [-0.1, -0.05) is 146 Å². The van der Waals surface area contributed by atoms with Gasteiger partial charge in [0.05, 0.1) is 16.7 Å². The van der Waals surface area contributed by atoms with Crippen LogP contribution >= 0.6 is 0 Å². The van der Waals surface area contributed by atoms with Crippen molar-refractivity contribution in [3.05, 3.63) is 200 Å². The first-order valence-electron chi connectivity index (χ1n) is 18.9. The van der Waals surface area contributed by atoms with E-state index in [1.165, 1.54) is 21.8 Å². The van der Waals surface area contributed by atoms with Crippen LogP contribution in [-0.2, 0) is 0 Å². The molecule has 0 bridgehead atoms. The molecule has 0 spiro atoms. The van der Waals surface area contributed by atoms with Crippen LogP contribution in [0.3, 0.4) is 0 Å². The van der Waals surface area contributed by atoms with E-state index in [0.717, 1.165) is 78.1 Å². The van der Waals surface area contributed by atoms with Gasteiger partial charge >= 0.3 is 0 Å². The fourth-order valence-corrected chi connectivity index (χ4v) is 8.12. The Kier molecular flexibility index (Phi) is 7.46. The average Bonchev–Trinajstić information content (AvgIpc) is 3.81. The Hall–Kier alpha value is -7.56. The number of benzene rings is 8. The summed E-state index contributed by atoms with van der Waals surface area (Å²) < 4.78 is 8.85. The van der Waals surface area contributed by atoms with Gasteiger partial charge in [0.15, 0.2) is 0 Å². The van der Waals surface area contributed by atoms with Crippen LogP contribution in [0, 0.1) is 0 Å². The summed E-state index contributed by atoms with van der Waals surface area (Å²) in [4.78, 5) is 10.7. The molecule has 0 amide bonds. The molecule has 0 radical (unpaired) electrons. The van der Waals surface area contributed by atoms with Crippen molar-refractivity contribution in [1.82, 2.24) is 14.5 Å². The summed E-state index contributed by atoms with van der Waals surface area (Å²) in [6.45, 7) is 0. The van der Waals surface area contributed by atoms with E-state index in [-0.39, 0.29) is 0 Å². The number of furan rings is 1. The standard InChI is InChI=1S/C52H33N3O/c1-4-14-34(15-5-1)36-18-12-20-40(30-36)49-50(41-21-13-19-37(31-41)35-16-6-2-7-17-35)54-52-51(53-49)45-33-39(27-29-48(45)56-52)38-26-28-47-44(32-38)43-24-10-11-25-46(43)55(47)42-22-8-3-9-23-42/h1-33H. The van der Waals surface area contributed by atoms with Crippen molar-refractivity contribution >= 4 is 44.0 Å². The predicted octanol–water partition coefficient (Wildman–Crippen LogP) is 13.8. The van der Waals surface area contributed by atoms with Crippen molar-refractivity contribution in [1.29, 1.82) is 0 Å². The van der Waals surface area contributed by atoms with Gasteiger partial charge in [-0.15, -0.1) is 0 Å². The lowest BCUT2D eigenvalue weighted by molar-refractivity contribution is 0.653. The minimum absolute atomic E-state index is 0.515. The van der Waals surface area contributed by atoms with Crippen LogP contribution in [0.1, 0.15) is 0 Å². The number of hydrogen-bond donors (Lipinski definition) is 0. The quantitative estimate of drug-likeness (QED) is 0.172. The van der Waals surface area contributed by atoms with E-state index in [9.17, 15) is 0 Å². The summed E-state index contributed by atoms with van der Waals surface area (Å²) in [5.74, 6) is 0. The molecule has 0 fully saturated rings. The largest absolute Gasteiger partial charge is 0.436 e. The van der Waals surface area contributed by atoms with Crippen LogP contribution in [-0.4, -0.2) is 14.5 Å². The molecule has 3 aromatic heterocycles. The molecule has 0 unspecified atom stereocenters. The van der Waals surface area contributed by atoms with E-state index < -0.39 is 0 Å². The van der Waals surface area contributed by atoms with E-state index in [0.29, 0.717) is 5.71 Å². The van der Waals surface area contributed by atoms with Gasteiger partial charge in [-0.05, 0) is 88.0 Å². The lowest BCUT2D eigenvalue weighted by Gasteiger charge is -2.12. The number of rotatable bonds is 6. The summed E-state index contributed by atoms with van der Waals surface area (Å²) in [6, 6.07) is 70.4. The van der Waals surface area contributed by atoms with Crippen LogP contribution in [0.4, 0.5) is 0 Å². The Morgan fingerprint density at radius 3 is 1.52 bits per heavy atom. The van der Waals surface area contributed by atoms with Gasteiger partial charge in [0.25, 0.3) is 0 Å². The SMILES string of the molecule is c1ccc(-c2cccc(-c3nc4oc5ccc(-c6ccc7c(c6)c6ccccc6n7-c6ccccc6)cc5c4nc3-c3cccc(-c4ccccc4)c3)c2)cc1. The Morgan fingerprint density at radius 2 is 0.839 bits per heavy atom. The van der Waals surface area contributed by atoms with Gasteiger partial charge in [-0.2, -0.15) is 0 Å². The molecule has 0 saturated heterocycles. The molecule has 262 valence electrons. The number of hydrogen-bond acceptors (Lipinski definition) is 3. The van der Waals surface area contributed by atoms with Crippen LogP contribution < -0.4 is 0 Å². The van der Waals surface area contributed by atoms with Crippen molar-refractivity contribution < 1.29 is 4.42 Å². The lowest BCUT2D eigenvalue weighted by Crippen LogP contribution is -1.95. The van der Waals surface area contributed by atoms with Crippen LogP contribution in [0.2, 0.25) is 0 Å². The molecule has 4 heteroatoms. The molecule has 4 nitrogen and oxygen atoms in total. The Morgan fingerprint density at radius 1 is 0.339 bits per heavy atom. The number of aromatic nitrogens is 3. The normalized spacial score (nSPS) is 11.6. The van der Waals surface area contributed by atoms with Crippen LogP contribution in [0.25, 0.3) is 106 Å². The van der Waals surface area contributed by atoms with Gasteiger partial charge in [-0.3, -0.25) is 0 Å². The Bertz CT molecular complexity index is 3240. The predicted molar refractivity (Wildman–Crippen MR) is 231 cm³/mol. The van der Waals surface area contributed by atoms with Crippen LogP contribution in [0.5, 0.6) is 0 Å². The highest BCUT2D eigenvalue weighted by molar-refractivity contribution is 6.11.